The molecule has 2 rings (SSSR count). The number of nitrogens with one attached hydrogen (secondary N) is 1. The molecule has 0 bridgehead atoms. The van der Waals surface area contributed by atoms with E-state index in [2.05, 4.69) is 23.5 Å². The van der Waals surface area contributed by atoms with Crippen LogP contribution in [0.15, 0.2) is 18.2 Å². The van der Waals surface area contributed by atoms with Gasteiger partial charge in [-0.2, -0.15) is 0 Å². The number of benzene rings is 1. The van der Waals surface area contributed by atoms with Crippen molar-refractivity contribution in [2.24, 2.45) is 0 Å². The number of aryl methyl sites for hydroxylation is 2. The minimum atomic E-state index is 0.0163. The van der Waals surface area contributed by atoms with Crippen LogP contribution in [0.3, 0.4) is 0 Å². The van der Waals surface area contributed by atoms with Crippen molar-refractivity contribution in [1.82, 2.24) is 5.32 Å². The van der Waals surface area contributed by atoms with E-state index in [1.165, 1.54) is 42.4 Å². The Morgan fingerprint density at radius 3 is 2.63 bits per heavy atom. The quantitative estimate of drug-likeness (QED) is 0.698. The van der Waals surface area contributed by atoms with Crippen molar-refractivity contribution in [3.8, 4) is 0 Å². The van der Waals surface area contributed by atoms with Gasteiger partial charge in [-0.1, -0.05) is 18.2 Å². The molecule has 3 nitrogen and oxygen atoms in total. The van der Waals surface area contributed by atoms with Crippen LogP contribution in [-0.4, -0.2) is 36.0 Å². The van der Waals surface area contributed by atoms with E-state index >= 15 is 0 Å². The lowest BCUT2D eigenvalue weighted by atomic mass is 9.90. The van der Waals surface area contributed by atoms with Crippen LogP contribution in [0, 0.1) is 0 Å². The van der Waals surface area contributed by atoms with Crippen LogP contribution >= 0.6 is 0 Å². The molecule has 1 aromatic carbocycles. The maximum absolute atomic E-state index is 9.14. The van der Waals surface area contributed by atoms with Gasteiger partial charge in [0.2, 0.25) is 0 Å². The summed E-state index contributed by atoms with van der Waals surface area (Å²) in [4.78, 5) is 0. The van der Waals surface area contributed by atoms with E-state index in [-0.39, 0.29) is 19.3 Å². The summed E-state index contributed by atoms with van der Waals surface area (Å²) in [5.41, 5.74) is 4.42. The third kappa shape index (κ3) is 4.30. The van der Waals surface area contributed by atoms with Crippen molar-refractivity contribution in [2.75, 3.05) is 19.8 Å². The number of fused-ring (bicyclic) bond motifs is 1. The molecule has 0 fully saturated rings. The molecule has 0 heterocycles. The lowest BCUT2D eigenvalue weighted by Crippen LogP contribution is -2.34. The summed E-state index contributed by atoms with van der Waals surface area (Å²) in [5.74, 6) is 0. The standard InChI is InChI=1S/C16H25NO2/c18-10-8-16(12-19)17-9-7-13-5-6-14-3-1-2-4-15(14)11-13/h5-6,11,16-19H,1-4,7-10,12H2. The van der Waals surface area contributed by atoms with Gasteiger partial charge in [0.05, 0.1) is 6.61 Å². The molecule has 0 saturated heterocycles. The fourth-order valence-corrected chi connectivity index (χ4v) is 2.78. The van der Waals surface area contributed by atoms with Crippen LogP contribution in [0.2, 0.25) is 0 Å². The van der Waals surface area contributed by atoms with Gasteiger partial charge in [0, 0.05) is 12.6 Å². The van der Waals surface area contributed by atoms with E-state index in [0.717, 1.165) is 13.0 Å². The zero-order valence-electron chi connectivity index (χ0n) is 11.6. The Balaban J connectivity index is 1.82. The fraction of sp³-hybridized carbons (Fsp3) is 0.625. The minimum Gasteiger partial charge on any atom is -0.396 e. The highest BCUT2D eigenvalue weighted by Gasteiger charge is 2.10. The van der Waals surface area contributed by atoms with Crippen molar-refractivity contribution in [2.45, 2.75) is 44.6 Å². The largest absolute Gasteiger partial charge is 0.396 e. The molecular weight excluding hydrogens is 238 g/mol. The third-order valence-corrected chi connectivity index (χ3v) is 3.96. The maximum atomic E-state index is 9.14. The van der Waals surface area contributed by atoms with E-state index in [1.54, 1.807) is 0 Å². The zero-order chi connectivity index (χ0) is 13.5. The number of aliphatic hydroxyl groups is 2. The van der Waals surface area contributed by atoms with Gasteiger partial charge >= 0.3 is 0 Å². The highest BCUT2D eigenvalue weighted by Crippen LogP contribution is 2.22. The monoisotopic (exact) mass is 263 g/mol. The second-order valence-electron chi connectivity index (χ2n) is 5.41. The number of aliphatic hydroxyl groups excluding tert-OH is 2. The second kappa shape index (κ2) is 7.63. The normalized spacial score (nSPS) is 16.1. The van der Waals surface area contributed by atoms with Gasteiger partial charge < -0.3 is 15.5 Å². The Bertz CT molecular complexity index is 392. The van der Waals surface area contributed by atoms with Gasteiger partial charge in [-0.05, 0) is 61.8 Å². The van der Waals surface area contributed by atoms with Crippen molar-refractivity contribution < 1.29 is 10.2 Å². The predicted molar refractivity (Wildman–Crippen MR) is 77.4 cm³/mol. The first-order valence-electron chi connectivity index (χ1n) is 7.39. The van der Waals surface area contributed by atoms with Crippen LogP contribution < -0.4 is 5.32 Å². The molecule has 106 valence electrons. The molecule has 1 aliphatic carbocycles. The predicted octanol–water partition coefficient (Wildman–Crippen LogP) is 1.44. The summed E-state index contributed by atoms with van der Waals surface area (Å²) < 4.78 is 0. The number of rotatable bonds is 7. The van der Waals surface area contributed by atoms with Crippen LogP contribution in [0.5, 0.6) is 0 Å². The topological polar surface area (TPSA) is 52.5 Å². The molecule has 3 N–H and O–H groups in total. The van der Waals surface area contributed by atoms with Gasteiger partial charge in [-0.3, -0.25) is 0 Å². The second-order valence-corrected chi connectivity index (χ2v) is 5.41. The molecular formula is C16H25NO2. The molecule has 0 amide bonds. The molecule has 3 heteroatoms. The molecule has 0 radical (unpaired) electrons. The van der Waals surface area contributed by atoms with Crippen LogP contribution in [-0.2, 0) is 19.3 Å². The summed E-state index contributed by atoms with van der Waals surface area (Å²) in [5, 5.41) is 21.3. The average molecular weight is 263 g/mol. The molecule has 1 aromatic rings. The number of hydrogen-bond acceptors (Lipinski definition) is 3. The summed E-state index contributed by atoms with van der Waals surface area (Å²) in [6.45, 7) is 1.06. The Hall–Kier alpha value is -0.900. The molecule has 1 unspecified atom stereocenters. The van der Waals surface area contributed by atoms with E-state index in [9.17, 15) is 0 Å². The van der Waals surface area contributed by atoms with E-state index < -0.39 is 0 Å². The Kier molecular flexibility index (Phi) is 5.83. The molecule has 0 aliphatic heterocycles. The summed E-state index contributed by atoms with van der Waals surface area (Å²) >= 11 is 0. The van der Waals surface area contributed by atoms with Crippen molar-refractivity contribution >= 4 is 0 Å². The number of hydrogen-bond donors (Lipinski definition) is 3. The summed E-state index contributed by atoms with van der Waals surface area (Å²) in [6, 6.07) is 6.87. The smallest absolute Gasteiger partial charge is 0.0585 e. The van der Waals surface area contributed by atoms with Crippen LogP contribution in [0.4, 0.5) is 0 Å². The SMILES string of the molecule is OCCC(CO)NCCc1ccc2c(c1)CCCC2. The van der Waals surface area contributed by atoms with E-state index in [1.807, 2.05) is 0 Å². The molecule has 0 aromatic heterocycles. The highest BCUT2D eigenvalue weighted by atomic mass is 16.3. The van der Waals surface area contributed by atoms with Crippen molar-refractivity contribution in [3.63, 3.8) is 0 Å². The van der Waals surface area contributed by atoms with Crippen molar-refractivity contribution in [1.29, 1.82) is 0 Å². The van der Waals surface area contributed by atoms with Gasteiger partial charge in [0.1, 0.15) is 0 Å². The molecule has 0 spiro atoms. The Labute approximate surface area is 115 Å². The van der Waals surface area contributed by atoms with Gasteiger partial charge in [-0.15, -0.1) is 0 Å². The first-order valence-corrected chi connectivity index (χ1v) is 7.39. The minimum absolute atomic E-state index is 0.0163. The highest BCUT2D eigenvalue weighted by molar-refractivity contribution is 5.33. The maximum Gasteiger partial charge on any atom is 0.0585 e. The lowest BCUT2D eigenvalue weighted by Gasteiger charge is -2.18. The van der Waals surface area contributed by atoms with Crippen LogP contribution in [0.25, 0.3) is 0 Å². The molecule has 1 aliphatic rings. The summed E-state index contributed by atoms with van der Waals surface area (Å²) in [6.07, 6.45) is 6.69. The van der Waals surface area contributed by atoms with Gasteiger partial charge in [-0.25, -0.2) is 0 Å². The summed E-state index contributed by atoms with van der Waals surface area (Å²) in [7, 11) is 0. The average Bonchev–Trinajstić information content (AvgIpc) is 2.46. The fourth-order valence-electron chi connectivity index (χ4n) is 2.78. The van der Waals surface area contributed by atoms with Crippen molar-refractivity contribution in [3.05, 3.63) is 34.9 Å². The lowest BCUT2D eigenvalue weighted by molar-refractivity contribution is 0.201. The van der Waals surface area contributed by atoms with Gasteiger partial charge in [0.15, 0.2) is 0 Å². The van der Waals surface area contributed by atoms with Crippen LogP contribution in [0.1, 0.15) is 36.0 Å². The Morgan fingerprint density at radius 1 is 1.11 bits per heavy atom. The Morgan fingerprint density at radius 2 is 1.89 bits per heavy atom. The first-order chi connectivity index (χ1) is 9.33. The molecule has 19 heavy (non-hydrogen) atoms. The molecule has 1 atom stereocenters. The first kappa shape index (κ1) is 14.5. The van der Waals surface area contributed by atoms with E-state index in [0.29, 0.717) is 6.42 Å². The third-order valence-electron chi connectivity index (χ3n) is 3.96. The molecule has 0 saturated carbocycles. The van der Waals surface area contributed by atoms with E-state index in [4.69, 9.17) is 10.2 Å². The van der Waals surface area contributed by atoms with Gasteiger partial charge in [0.25, 0.3) is 0 Å². The zero-order valence-corrected chi connectivity index (χ0v) is 11.6.